The minimum atomic E-state index is -3.59. The first kappa shape index (κ1) is 17.4. The minimum Gasteiger partial charge on any atom is -0.480 e. The number of carboxylic acids is 1. The standard InChI is InChI=1S/C15H19NO6S/c17-14(13-7-4-9-22-13)16-12(15(18)19)8-10-23(20,21)11-5-2-1-3-6-11/h1-3,5-6,12-13H,4,7-10H2,(H,16,17)(H,18,19)/t12-,13-/m1/s1. The molecule has 1 heterocycles. The lowest BCUT2D eigenvalue weighted by atomic mass is 10.2. The molecule has 7 nitrogen and oxygen atoms in total. The number of aliphatic carboxylic acids is 1. The molecule has 126 valence electrons. The summed E-state index contributed by atoms with van der Waals surface area (Å²) >= 11 is 0. The Balaban J connectivity index is 1.97. The Labute approximate surface area is 134 Å². The van der Waals surface area contributed by atoms with Crippen LogP contribution in [-0.2, 0) is 24.2 Å². The van der Waals surface area contributed by atoms with Gasteiger partial charge in [-0.05, 0) is 31.4 Å². The summed E-state index contributed by atoms with van der Waals surface area (Å²) in [6, 6.07) is 6.54. The molecule has 1 aliphatic rings. The second-order valence-electron chi connectivity index (χ2n) is 5.32. The molecule has 0 unspecified atom stereocenters. The highest BCUT2D eigenvalue weighted by Crippen LogP contribution is 2.14. The first-order valence-corrected chi connectivity index (χ1v) is 8.98. The Hall–Kier alpha value is -1.93. The van der Waals surface area contributed by atoms with Crippen LogP contribution in [0.1, 0.15) is 19.3 Å². The number of hydrogen-bond donors (Lipinski definition) is 2. The quantitative estimate of drug-likeness (QED) is 0.751. The highest BCUT2D eigenvalue weighted by Gasteiger charge is 2.29. The summed E-state index contributed by atoms with van der Waals surface area (Å²) in [5.41, 5.74) is 0. The van der Waals surface area contributed by atoms with Gasteiger partial charge in [0.25, 0.3) is 0 Å². The van der Waals surface area contributed by atoms with Crippen molar-refractivity contribution in [2.24, 2.45) is 0 Å². The maximum Gasteiger partial charge on any atom is 0.326 e. The summed E-state index contributed by atoms with van der Waals surface area (Å²) in [7, 11) is -3.59. The summed E-state index contributed by atoms with van der Waals surface area (Å²) in [6.07, 6.45) is 0.437. The molecule has 2 N–H and O–H groups in total. The molecule has 1 aliphatic heterocycles. The van der Waals surface area contributed by atoms with Crippen molar-refractivity contribution in [3.05, 3.63) is 30.3 Å². The van der Waals surface area contributed by atoms with E-state index in [9.17, 15) is 23.1 Å². The molecule has 0 saturated carbocycles. The molecular formula is C15H19NO6S. The normalized spacial score (nSPS) is 19.2. The molecule has 23 heavy (non-hydrogen) atoms. The molecule has 8 heteroatoms. The van der Waals surface area contributed by atoms with Crippen LogP contribution in [0.5, 0.6) is 0 Å². The van der Waals surface area contributed by atoms with Gasteiger partial charge in [-0.3, -0.25) is 4.79 Å². The van der Waals surface area contributed by atoms with Gasteiger partial charge in [-0.1, -0.05) is 18.2 Å². The predicted molar refractivity (Wildman–Crippen MR) is 81.7 cm³/mol. The Morgan fingerprint density at radius 2 is 2.00 bits per heavy atom. The molecule has 0 bridgehead atoms. The fraction of sp³-hybridized carbons (Fsp3) is 0.467. The van der Waals surface area contributed by atoms with Crippen LogP contribution < -0.4 is 5.32 Å². The van der Waals surface area contributed by atoms with E-state index in [1.807, 2.05) is 0 Å². The fourth-order valence-electron chi connectivity index (χ4n) is 2.33. The molecule has 1 aromatic carbocycles. The summed E-state index contributed by atoms with van der Waals surface area (Å²) in [4.78, 5) is 23.3. The number of carboxylic acid groups (broad SMARTS) is 1. The number of rotatable bonds is 7. The summed E-state index contributed by atoms with van der Waals surface area (Å²) in [5.74, 6) is -2.13. The Morgan fingerprint density at radius 3 is 2.57 bits per heavy atom. The lowest BCUT2D eigenvalue weighted by molar-refractivity contribution is -0.143. The Kier molecular flexibility index (Phi) is 5.73. The van der Waals surface area contributed by atoms with Gasteiger partial charge in [0, 0.05) is 6.61 Å². The number of amides is 1. The van der Waals surface area contributed by atoms with Gasteiger partial charge in [0.1, 0.15) is 12.1 Å². The number of hydrogen-bond acceptors (Lipinski definition) is 5. The second-order valence-corrected chi connectivity index (χ2v) is 7.43. The maximum atomic E-state index is 12.2. The zero-order valence-electron chi connectivity index (χ0n) is 12.5. The molecule has 1 fully saturated rings. The van der Waals surface area contributed by atoms with Gasteiger partial charge in [-0.2, -0.15) is 0 Å². The average molecular weight is 341 g/mol. The molecule has 1 amide bonds. The monoisotopic (exact) mass is 341 g/mol. The van der Waals surface area contributed by atoms with Crippen molar-refractivity contribution in [3.63, 3.8) is 0 Å². The van der Waals surface area contributed by atoms with Crippen molar-refractivity contribution >= 4 is 21.7 Å². The van der Waals surface area contributed by atoms with Crippen molar-refractivity contribution in [2.45, 2.75) is 36.3 Å². The lowest BCUT2D eigenvalue weighted by Crippen LogP contribution is -2.46. The lowest BCUT2D eigenvalue weighted by Gasteiger charge is -2.17. The van der Waals surface area contributed by atoms with Crippen molar-refractivity contribution in [3.8, 4) is 0 Å². The van der Waals surface area contributed by atoms with Gasteiger partial charge in [-0.15, -0.1) is 0 Å². The molecule has 0 radical (unpaired) electrons. The predicted octanol–water partition coefficient (Wildman–Crippen LogP) is 0.599. The number of sulfone groups is 1. The van der Waals surface area contributed by atoms with Gasteiger partial charge in [-0.25, -0.2) is 13.2 Å². The van der Waals surface area contributed by atoms with Gasteiger partial charge >= 0.3 is 5.97 Å². The summed E-state index contributed by atoms with van der Waals surface area (Å²) in [5, 5.41) is 11.5. The molecule has 0 aromatic heterocycles. The van der Waals surface area contributed by atoms with Crippen LogP contribution in [0.2, 0.25) is 0 Å². The van der Waals surface area contributed by atoms with Crippen molar-refractivity contribution < 1.29 is 27.9 Å². The van der Waals surface area contributed by atoms with E-state index >= 15 is 0 Å². The van der Waals surface area contributed by atoms with E-state index in [2.05, 4.69) is 5.32 Å². The number of benzene rings is 1. The first-order chi connectivity index (χ1) is 10.9. The van der Waals surface area contributed by atoms with Crippen LogP contribution >= 0.6 is 0 Å². The number of carbonyl (C=O) groups is 2. The van der Waals surface area contributed by atoms with Crippen LogP contribution in [0, 0.1) is 0 Å². The minimum absolute atomic E-state index is 0.134. The fourth-order valence-corrected chi connectivity index (χ4v) is 3.68. The highest BCUT2D eigenvalue weighted by atomic mass is 32.2. The van der Waals surface area contributed by atoms with E-state index in [0.29, 0.717) is 13.0 Å². The Morgan fingerprint density at radius 1 is 1.30 bits per heavy atom. The number of ether oxygens (including phenoxy) is 1. The van der Waals surface area contributed by atoms with Crippen LogP contribution in [0.3, 0.4) is 0 Å². The average Bonchev–Trinajstić information content (AvgIpc) is 3.06. The van der Waals surface area contributed by atoms with Crippen LogP contribution in [0.15, 0.2) is 35.2 Å². The number of carbonyl (C=O) groups excluding carboxylic acids is 1. The smallest absolute Gasteiger partial charge is 0.326 e. The van der Waals surface area contributed by atoms with Crippen molar-refractivity contribution in [1.29, 1.82) is 0 Å². The van der Waals surface area contributed by atoms with E-state index in [1.54, 1.807) is 18.2 Å². The van der Waals surface area contributed by atoms with Gasteiger partial charge in [0.2, 0.25) is 5.91 Å². The third-order valence-electron chi connectivity index (χ3n) is 3.61. The molecule has 0 spiro atoms. The van der Waals surface area contributed by atoms with E-state index < -0.39 is 33.9 Å². The molecule has 1 aromatic rings. The third-order valence-corrected chi connectivity index (χ3v) is 5.38. The maximum absolute atomic E-state index is 12.2. The SMILES string of the molecule is O=C(O)[C@@H](CCS(=O)(=O)c1ccccc1)NC(=O)[C@H]1CCCO1. The summed E-state index contributed by atoms with van der Waals surface area (Å²) in [6.45, 7) is 0.470. The van der Waals surface area contributed by atoms with Crippen LogP contribution in [0.25, 0.3) is 0 Å². The molecule has 2 rings (SSSR count). The van der Waals surface area contributed by atoms with E-state index in [4.69, 9.17) is 4.74 Å². The first-order valence-electron chi connectivity index (χ1n) is 7.33. The van der Waals surface area contributed by atoms with Crippen LogP contribution in [0.4, 0.5) is 0 Å². The van der Waals surface area contributed by atoms with Crippen molar-refractivity contribution in [1.82, 2.24) is 5.32 Å². The summed E-state index contributed by atoms with van der Waals surface area (Å²) < 4.78 is 29.5. The van der Waals surface area contributed by atoms with Gasteiger partial charge < -0.3 is 15.2 Å². The van der Waals surface area contributed by atoms with Crippen LogP contribution in [-0.4, -0.2) is 49.9 Å². The molecule has 1 saturated heterocycles. The zero-order chi connectivity index (χ0) is 16.9. The Bertz CT molecular complexity index is 652. The number of nitrogens with one attached hydrogen (secondary N) is 1. The van der Waals surface area contributed by atoms with E-state index in [-0.39, 0.29) is 17.1 Å². The molecule has 2 atom stereocenters. The largest absolute Gasteiger partial charge is 0.480 e. The van der Waals surface area contributed by atoms with Crippen molar-refractivity contribution in [2.75, 3.05) is 12.4 Å². The zero-order valence-corrected chi connectivity index (χ0v) is 13.3. The highest BCUT2D eigenvalue weighted by molar-refractivity contribution is 7.91. The van der Waals surface area contributed by atoms with Gasteiger partial charge in [0.05, 0.1) is 10.6 Å². The van der Waals surface area contributed by atoms with E-state index in [0.717, 1.165) is 6.42 Å². The van der Waals surface area contributed by atoms with E-state index in [1.165, 1.54) is 12.1 Å². The topological polar surface area (TPSA) is 110 Å². The third kappa shape index (κ3) is 4.77. The molecule has 0 aliphatic carbocycles. The second kappa shape index (κ2) is 7.56. The van der Waals surface area contributed by atoms with Gasteiger partial charge in [0.15, 0.2) is 9.84 Å². The molecular weight excluding hydrogens is 322 g/mol.